The molecule has 0 amide bonds. The van der Waals surface area contributed by atoms with Crippen molar-refractivity contribution in [3.05, 3.63) is 47.0 Å². The Bertz CT molecular complexity index is 543. The van der Waals surface area contributed by atoms with E-state index in [0.29, 0.717) is 11.7 Å². The van der Waals surface area contributed by atoms with E-state index in [2.05, 4.69) is 59.8 Å². The molecule has 0 saturated carbocycles. The van der Waals surface area contributed by atoms with Crippen LogP contribution in [0.25, 0.3) is 0 Å². The molecular formula is C16H23N3O. The Labute approximate surface area is 120 Å². The van der Waals surface area contributed by atoms with Crippen LogP contribution in [0.1, 0.15) is 36.6 Å². The van der Waals surface area contributed by atoms with Gasteiger partial charge in [0, 0.05) is 13.0 Å². The summed E-state index contributed by atoms with van der Waals surface area (Å²) in [6.07, 6.45) is 1.80. The SMILES string of the molecule is Cc1ccc(CCc2nnc(CO)n2CC(C)C)cc1. The smallest absolute Gasteiger partial charge is 0.158 e. The van der Waals surface area contributed by atoms with Crippen LogP contribution in [0.3, 0.4) is 0 Å². The predicted molar refractivity (Wildman–Crippen MR) is 79.4 cm³/mol. The van der Waals surface area contributed by atoms with Crippen molar-refractivity contribution in [3.8, 4) is 0 Å². The molecule has 1 heterocycles. The molecule has 20 heavy (non-hydrogen) atoms. The second-order valence-electron chi connectivity index (χ2n) is 5.68. The summed E-state index contributed by atoms with van der Waals surface area (Å²) in [5, 5.41) is 17.6. The maximum Gasteiger partial charge on any atom is 0.158 e. The van der Waals surface area contributed by atoms with Gasteiger partial charge in [0.15, 0.2) is 5.82 Å². The Morgan fingerprint density at radius 1 is 1.05 bits per heavy atom. The predicted octanol–water partition coefficient (Wildman–Crippen LogP) is 2.52. The minimum Gasteiger partial charge on any atom is -0.388 e. The number of aliphatic hydroxyl groups excluding tert-OH is 1. The molecule has 4 heteroatoms. The highest BCUT2D eigenvalue weighted by Crippen LogP contribution is 2.11. The number of aliphatic hydroxyl groups is 1. The van der Waals surface area contributed by atoms with E-state index in [4.69, 9.17) is 0 Å². The zero-order valence-electron chi connectivity index (χ0n) is 12.5. The van der Waals surface area contributed by atoms with Gasteiger partial charge < -0.3 is 9.67 Å². The van der Waals surface area contributed by atoms with Crippen LogP contribution in [-0.2, 0) is 26.0 Å². The van der Waals surface area contributed by atoms with Crippen molar-refractivity contribution in [1.29, 1.82) is 0 Å². The maximum absolute atomic E-state index is 9.34. The molecule has 2 rings (SSSR count). The van der Waals surface area contributed by atoms with Gasteiger partial charge in [-0.1, -0.05) is 43.7 Å². The van der Waals surface area contributed by atoms with E-state index in [1.165, 1.54) is 11.1 Å². The summed E-state index contributed by atoms with van der Waals surface area (Å²) in [6, 6.07) is 8.58. The van der Waals surface area contributed by atoms with Gasteiger partial charge in [-0.3, -0.25) is 0 Å². The van der Waals surface area contributed by atoms with Crippen molar-refractivity contribution in [1.82, 2.24) is 14.8 Å². The first-order valence-corrected chi connectivity index (χ1v) is 7.17. The molecule has 0 bridgehead atoms. The number of rotatable bonds is 6. The van der Waals surface area contributed by atoms with E-state index in [1.807, 2.05) is 0 Å². The van der Waals surface area contributed by atoms with Crippen LogP contribution in [0.15, 0.2) is 24.3 Å². The number of hydrogen-bond acceptors (Lipinski definition) is 3. The van der Waals surface area contributed by atoms with Gasteiger partial charge in [0.25, 0.3) is 0 Å². The topological polar surface area (TPSA) is 50.9 Å². The van der Waals surface area contributed by atoms with Crippen LogP contribution >= 0.6 is 0 Å². The van der Waals surface area contributed by atoms with Gasteiger partial charge >= 0.3 is 0 Å². The summed E-state index contributed by atoms with van der Waals surface area (Å²) in [6.45, 7) is 7.21. The average Bonchev–Trinajstić information content (AvgIpc) is 2.79. The van der Waals surface area contributed by atoms with E-state index in [9.17, 15) is 5.11 Å². The molecule has 0 aliphatic heterocycles. The van der Waals surface area contributed by atoms with Gasteiger partial charge in [0.05, 0.1) is 0 Å². The fourth-order valence-electron chi connectivity index (χ4n) is 2.26. The van der Waals surface area contributed by atoms with E-state index < -0.39 is 0 Å². The third-order valence-electron chi connectivity index (χ3n) is 3.35. The zero-order valence-corrected chi connectivity index (χ0v) is 12.5. The molecule has 1 aromatic heterocycles. The van der Waals surface area contributed by atoms with E-state index >= 15 is 0 Å². The van der Waals surface area contributed by atoms with Gasteiger partial charge in [-0.25, -0.2) is 0 Å². The van der Waals surface area contributed by atoms with Crippen molar-refractivity contribution in [2.24, 2.45) is 5.92 Å². The molecule has 2 aromatic rings. The normalized spacial score (nSPS) is 11.2. The van der Waals surface area contributed by atoms with Gasteiger partial charge in [-0.05, 0) is 24.8 Å². The highest BCUT2D eigenvalue weighted by Gasteiger charge is 2.12. The first-order valence-electron chi connectivity index (χ1n) is 7.17. The summed E-state index contributed by atoms with van der Waals surface area (Å²) in [7, 11) is 0. The number of benzene rings is 1. The minimum atomic E-state index is -0.0513. The summed E-state index contributed by atoms with van der Waals surface area (Å²) < 4.78 is 2.05. The van der Waals surface area contributed by atoms with Crippen LogP contribution in [-0.4, -0.2) is 19.9 Å². The van der Waals surface area contributed by atoms with Crippen molar-refractivity contribution in [2.45, 2.75) is 46.8 Å². The zero-order chi connectivity index (χ0) is 14.5. The number of hydrogen-bond donors (Lipinski definition) is 1. The van der Waals surface area contributed by atoms with Crippen molar-refractivity contribution < 1.29 is 5.11 Å². The summed E-state index contributed by atoms with van der Waals surface area (Å²) in [4.78, 5) is 0. The molecule has 0 atom stereocenters. The molecule has 1 aromatic carbocycles. The Kier molecular flexibility index (Phi) is 4.90. The Morgan fingerprint density at radius 2 is 1.70 bits per heavy atom. The molecular weight excluding hydrogens is 250 g/mol. The van der Waals surface area contributed by atoms with Gasteiger partial charge in [0.1, 0.15) is 12.4 Å². The Balaban J connectivity index is 2.08. The molecule has 1 N–H and O–H groups in total. The highest BCUT2D eigenvalue weighted by atomic mass is 16.3. The van der Waals surface area contributed by atoms with Crippen molar-refractivity contribution in [3.63, 3.8) is 0 Å². The van der Waals surface area contributed by atoms with Gasteiger partial charge in [-0.2, -0.15) is 0 Å². The van der Waals surface area contributed by atoms with E-state index in [-0.39, 0.29) is 6.61 Å². The van der Waals surface area contributed by atoms with Crippen LogP contribution in [0.2, 0.25) is 0 Å². The quantitative estimate of drug-likeness (QED) is 0.880. The lowest BCUT2D eigenvalue weighted by Crippen LogP contribution is -2.12. The standard InChI is InChI=1S/C16H23N3O/c1-12(2)10-19-15(17-18-16(19)11-20)9-8-14-6-4-13(3)5-7-14/h4-7,12,20H,8-11H2,1-3H3. The van der Waals surface area contributed by atoms with Crippen molar-refractivity contribution in [2.75, 3.05) is 0 Å². The molecule has 108 valence electrons. The lowest BCUT2D eigenvalue weighted by molar-refractivity contribution is 0.261. The first-order chi connectivity index (χ1) is 9.60. The Hall–Kier alpha value is -1.68. The number of aryl methyl sites for hydroxylation is 3. The molecule has 0 fully saturated rings. The van der Waals surface area contributed by atoms with E-state index in [1.54, 1.807) is 0 Å². The molecule has 0 unspecified atom stereocenters. The third-order valence-corrected chi connectivity index (χ3v) is 3.35. The fourth-order valence-corrected chi connectivity index (χ4v) is 2.26. The Morgan fingerprint density at radius 3 is 2.30 bits per heavy atom. The van der Waals surface area contributed by atoms with Crippen LogP contribution < -0.4 is 0 Å². The van der Waals surface area contributed by atoms with Gasteiger partial charge in [-0.15, -0.1) is 10.2 Å². The molecule has 0 spiro atoms. The second kappa shape index (κ2) is 6.66. The molecule has 0 radical (unpaired) electrons. The first kappa shape index (κ1) is 14.7. The average molecular weight is 273 g/mol. The second-order valence-corrected chi connectivity index (χ2v) is 5.68. The third kappa shape index (κ3) is 3.67. The number of nitrogens with zero attached hydrogens (tertiary/aromatic N) is 3. The van der Waals surface area contributed by atoms with Crippen LogP contribution in [0.4, 0.5) is 0 Å². The lowest BCUT2D eigenvalue weighted by atomic mass is 10.1. The highest BCUT2D eigenvalue weighted by molar-refractivity contribution is 5.21. The van der Waals surface area contributed by atoms with Crippen molar-refractivity contribution >= 4 is 0 Å². The largest absolute Gasteiger partial charge is 0.388 e. The maximum atomic E-state index is 9.34. The van der Waals surface area contributed by atoms with Crippen LogP contribution in [0.5, 0.6) is 0 Å². The molecule has 4 nitrogen and oxygen atoms in total. The van der Waals surface area contributed by atoms with E-state index in [0.717, 1.165) is 25.2 Å². The summed E-state index contributed by atoms with van der Waals surface area (Å²) >= 11 is 0. The fraction of sp³-hybridized carbons (Fsp3) is 0.500. The monoisotopic (exact) mass is 273 g/mol. The van der Waals surface area contributed by atoms with Crippen LogP contribution in [0, 0.1) is 12.8 Å². The molecule has 0 aliphatic rings. The molecule has 0 saturated heterocycles. The minimum absolute atomic E-state index is 0.0513. The molecule has 0 aliphatic carbocycles. The van der Waals surface area contributed by atoms with Gasteiger partial charge in [0.2, 0.25) is 0 Å². The number of aromatic nitrogens is 3. The summed E-state index contributed by atoms with van der Waals surface area (Å²) in [5.41, 5.74) is 2.58. The lowest BCUT2D eigenvalue weighted by Gasteiger charge is -2.11. The summed E-state index contributed by atoms with van der Waals surface area (Å²) in [5.74, 6) is 2.13.